The summed E-state index contributed by atoms with van der Waals surface area (Å²) in [6.07, 6.45) is 1.48. The number of rotatable bonds is 5. The lowest BCUT2D eigenvalue weighted by molar-refractivity contribution is 0.0527. The monoisotopic (exact) mass is 374 g/mol. The molecule has 0 radical (unpaired) electrons. The highest BCUT2D eigenvalue weighted by Gasteiger charge is 2.18. The predicted octanol–water partition coefficient (Wildman–Crippen LogP) is 5.33. The zero-order valence-electron chi connectivity index (χ0n) is 13.6. The van der Waals surface area contributed by atoms with Gasteiger partial charge in [0.1, 0.15) is 5.56 Å². The summed E-state index contributed by atoms with van der Waals surface area (Å²) < 4.78 is 5.15. The Kier molecular flexibility index (Phi) is 5.41. The van der Waals surface area contributed by atoms with Crippen LogP contribution < -0.4 is 5.32 Å². The fraction of sp³-hybridized carbons (Fsp3) is 0.158. The second kappa shape index (κ2) is 7.72. The first-order valence-corrected chi connectivity index (χ1v) is 8.58. The molecule has 1 N–H and O–H groups in total. The SMILES string of the molecule is CCOC(=O)c1cnc2c(Cl)cc(Cl)cc2c1NCc1ccccc1. The summed E-state index contributed by atoms with van der Waals surface area (Å²) in [7, 11) is 0. The number of aromatic nitrogens is 1. The van der Waals surface area contributed by atoms with Crippen molar-refractivity contribution in [3.63, 3.8) is 0 Å². The maximum Gasteiger partial charge on any atom is 0.341 e. The Bertz CT molecular complexity index is 914. The van der Waals surface area contributed by atoms with Crippen LogP contribution in [0.2, 0.25) is 10.0 Å². The maximum atomic E-state index is 12.3. The topological polar surface area (TPSA) is 51.2 Å². The smallest absolute Gasteiger partial charge is 0.341 e. The molecule has 1 heterocycles. The third-order valence-electron chi connectivity index (χ3n) is 3.70. The molecule has 25 heavy (non-hydrogen) atoms. The normalized spacial score (nSPS) is 10.7. The fourth-order valence-electron chi connectivity index (χ4n) is 2.57. The van der Waals surface area contributed by atoms with Gasteiger partial charge >= 0.3 is 5.97 Å². The number of pyridine rings is 1. The van der Waals surface area contributed by atoms with E-state index in [0.717, 1.165) is 5.56 Å². The molecule has 3 rings (SSSR count). The van der Waals surface area contributed by atoms with Crippen molar-refractivity contribution in [2.75, 3.05) is 11.9 Å². The van der Waals surface area contributed by atoms with Crippen LogP contribution in [0.3, 0.4) is 0 Å². The average Bonchev–Trinajstić information content (AvgIpc) is 2.60. The number of fused-ring (bicyclic) bond motifs is 1. The minimum atomic E-state index is -0.441. The summed E-state index contributed by atoms with van der Waals surface area (Å²) in [5.41, 5.74) is 2.62. The van der Waals surface area contributed by atoms with Gasteiger partial charge in [0.25, 0.3) is 0 Å². The number of carbonyl (C=O) groups excluding carboxylic acids is 1. The van der Waals surface area contributed by atoms with Gasteiger partial charge in [-0.25, -0.2) is 4.79 Å². The van der Waals surface area contributed by atoms with Gasteiger partial charge in [0.2, 0.25) is 0 Å². The van der Waals surface area contributed by atoms with Crippen molar-refractivity contribution in [1.82, 2.24) is 4.98 Å². The Morgan fingerprint density at radius 2 is 1.96 bits per heavy atom. The minimum Gasteiger partial charge on any atom is -0.462 e. The summed E-state index contributed by atoms with van der Waals surface area (Å²) in [4.78, 5) is 16.6. The van der Waals surface area contributed by atoms with Crippen LogP contribution >= 0.6 is 23.2 Å². The molecule has 0 saturated carbocycles. The largest absolute Gasteiger partial charge is 0.462 e. The van der Waals surface area contributed by atoms with E-state index in [4.69, 9.17) is 27.9 Å². The quantitative estimate of drug-likeness (QED) is 0.613. The van der Waals surface area contributed by atoms with E-state index in [9.17, 15) is 4.79 Å². The molecule has 0 bridgehead atoms. The molecule has 0 spiro atoms. The molecule has 3 aromatic rings. The van der Waals surface area contributed by atoms with Crippen LogP contribution in [0.4, 0.5) is 5.69 Å². The molecule has 0 aliphatic heterocycles. The van der Waals surface area contributed by atoms with E-state index in [0.29, 0.717) is 38.7 Å². The molecule has 128 valence electrons. The van der Waals surface area contributed by atoms with Crippen molar-refractivity contribution >= 4 is 45.8 Å². The van der Waals surface area contributed by atoms with Gasteiger partial charge in [0, 0.05) is 23.2 Å². The first-order chi connectivity index (χ1) is 12.1. The molecule has 2 aromatic carbocycles. The Morgan fingerprint density at radius 1 is 1.20 bits per heavy atom. The van der Waals surface area contributed by atoms with E-state index in [1.54, 1.807) is 19.1 Å². The van der Waals surface area contributed by atoms with Crippen molar-refractivity contribution in [3.8, 4) is 0 Å². The number of benzene rings is 2. The van der Waals surface area contributed by atoms with Crippen LogP contribution in [-0.2, 0) is 11.3 Å². The number of hydrogen-bond acceptors (Lipinski definition) is 4. The number of anilines is 1. The summed E-state index contributed by atoms with van der Waals surface area (Å²) in [6, 6.07) is 13.2. The number of hydrogen-bond donors (Lipinski definition) is 1. The van der Waals surface area contributed by atoms with Crippen molar-refractivity contribution in [2.24, 2.45) is 0 Å². The lowest BCUT2D eigenvalue weighted by Crippen LogP contribution is -2.11. The first kappa shape index (κ1) is 17.5. The average molecular weight is 375 g/mol. The van der Waals surface area contributed by atoms with E-state index in [1.807, 2.05) is 30.3 Å². The molecule has 6 heteroatoms. The molecule has 0 atom stereocenters. The number of carbonyl (C=O) groups is 1. The number of esters is 1. The Hall–Kier alpha value is -2.30. The van der Waals surface area contributed by atoms with Crippen molar-refractivity contribution in [2.45, 2.75) is 13.5 Å². The van der Waals surface area contributed by atoms with Gasteiger partial charge < -0.3 is 10.1 Å². The number of nitrogens with one attached hydrogen (secondary N) is 1. The van der Waals surface area contributed by atoms with Crippen LogP contribution in [-0.4, -0.2) is 17.6 Å². The molecular formula is C19H16Cl2N2O2. The van der Waals surface area contributed by atoms with Crippen LogP contribution in [0.1, 0.15) is 22.8 Å². The molecule has 0 amide bonds. The molecule has 0 aliphatic rings. The zero-order valence-corrected chi connectivity index (χ0v) is 15.1. The lowest BCUT2D eigenvalue weighted by atomic mass is 10.1. The fourth-order valence-corrected chi connectivity index (χ4v) is 3.11. The van der Waals surface area contributed by atoms with E-state index in [1.165, 1.54) is 6.20 Å². The van der Waals surface area contributed by atoms with Crippen molar-refractivity contribution < 1.29 is 9.53 Å². The van der Waals surface area contributed by atoms with E-state index in [2.05, 4.69) is 10.3 Å². The van der Waals surface area contributed by atoms with Crippen molar-refractivity contribution in [3.05, 3.63) is 69.8 Å². The minimum absolute atomic E-state index is 0.283. The lowest BCUT2D eigenvalue weighted by Gasteiger charge is -2.15. The van der Waals surface area contributed by atoms with Crippen molar-refractivity contribution in [1.29, 1.82) is 0 Å². The van der Waals surface area contributed by atoms with E-state index >= 15 is 0 Å². The molecule has 0 saturated heterocycles. The van der Waals surface area contributed by atoms with Crippen LogP contribution in [0.5, 0.6) is 0 Å². The molecule has 4 nitrogen and oxygen atoms in total. The molecule has 0 fully saturated rings. The second-order valence-corrected chi connectivity index (χ2v) is 6.23. The van der Waals surface area contributed by atoms with Crippen LogP contribution in [0, 0.1) is 0 Å². The number of halogens is 2. The zero-order chi connectivity index (χ0) is 17.8. The van der Waals surface area contributed by atoms with E-state index < -0.39 is 5.97 Å². The molecular weight excluding hydrogens is 359 g/mol. The Morgan fingerprint density at radius 3 is 2.68 bits per heavy atom. The summed E-state index contributed by atoms with van der Waals surface area (Å²) in [5.74, 6) is -0.441. The first-order valence-electron chi connectivity index (χ1n) is 7.82. The number of ether oxygens (including phenoxy) is 1. The summed E-state index contributed by atoms with van der Waals surface area (Å²) in [5, 5.41) is 4.89. The Labute approximate surface area is 155 Å². The summed E-state index contributed by atoms with van der Waals surface area (Å²) >= 11 is 12.4. The molecule has 0 aliphatic carbocycles. The standard InChI is InChI=1S/C19H16Cl2N2O2/c1-2-25-19(24)15-11-23-18-14(8-13(20)9-16(18)21)17(15)22-10-12-6-4-3-5-7-12/h3-9,11H,2,10H2,1H3,(H,22,23). The van der Waals surface area contributed by atoms with Gasteiger partial charge in [-0.05, 0) is 24.6 Å². The van der Waals surface area contributed by atoms with Crippen LogP contribution in [0.25, 0.3) is 10.9 Å². The number of nitrogens with zero attached hydrogens (tertiary/aromatic N) is 1. The highest BCUT2D eigenvalue weighted by atomic mass is 35.5. The third kappa shape index (κ3) is 3.86. The third-order valence-corrected chi connectivity index (χ3v) is 4.20. The predicted molar refractivity (Wildman–Crippen MR) is 101 cm³/mol. The van der Waals surface area contributed by atoms with E-state index in [-0.39, 0.29) is 6.61 Å². The van der Waals surface area contributed by atoms with Gasteiger partial charge in [-0.1, -0.05) is 53.5 Å². The molecule has 1 aromatic heterocycles. The summed E-state index contributed by atoms with van der Waals surface area (Å²) in [6.45, 7) is 2.58. The van der Waals surface area contributed by atoms with Gasteiger partial charge in [-0.2, -0.15) is 0 Å². The van der Waals surface area contributed by atoms with Gasteiger partial charge in [0.05, 0.1) is 22.8 Å². The highest BCUT2D eigenvalue weighted by molar-refractivity contribution is 6.38. The Balaban J connectivity index is 2.09. The maximum absolute atomic E-state index is 12.3. The van der Waals surface area contributed by atoms with Crippen LogP contribution in [0.15, 0.2) is 48.7 Å². The highest BCUT2D eigenvalue weighted by Crippen LogP contribution is 2.33. The van der Waals surface area contributed by atoms with Gasteiger partial charge in [-0.3, -0.25) is 4.98 Å². The second-order valence-electron chi connectivity index (χ2n) is 5.39. The van der Waals surface area contributed by atoms with Gasteiger partial charge in [-0.15, -0.1) is 0 Å². The van der Waals surface area contributed by atoms with Gasteiger partial charge in [0.15, 0.2) is 0 Å². The molecule has 0 unspecified atom stereocenters.